The van der Waals surface area contributed by atoms with E-state index in [1.165, 1.54) is 49.9 Å². The van der Waals surface area contributed by atoms with Crippen molar-refractivity contribution in [2.24, 2.45) is 0 Å². The largest absolute Gasteiger partial charge is 0.355 e. The van der Waals surface area contributed by atoms with Crippen molar-refractivity contribution in [1.29, 1.82) is 0 Å². The van der Waals surface area contributed by atoms with Crippen LogP contribution in [0.3, 0.4) is 0 Å². The number of H-pyrrole nitrogens is 1. The fourth-order valence-electron chi connectivity index (χ4n) is 6.24. The predicted octanol–water partition coefficient (Wildman–Crippen LogP) is 6.53. The van der Waals surface area contributed by atoms with E-state index >= 15 is 0 Å². The lowest BCUT2D eigenvalue weighted by molar-refractivity contribution is 0.439. The number of aromatic amines is 1. The second kappa shape index (κ2) is 10.1. The Hall–Kier alpha value is -3.08. The van der Waals surface area contributed by atoms with Crippen molar-refractivity contribution < 1.29 is 0 Å². The summed E-state index contributed by atoms with van der Waals surface area (Å²) in [5, 5.41) is 9.42. The molecule has 0 saturated carbocycles. The lowest BCUT2D eigenvalue weighted by Gasteiger charge is -2.25. The Morgan fingerprint density at radius 2 is 1.64 bits per heavy atom. The molecule has 0 bridgehead atoms. The van der Waals surface area contributed by atoms with E-state index in [-0.39, 0.29) is 5.54 Å². The SMILES string of the molecule is CNCCc1c(C=C[C@@]2(C)C[C@H](C=C(C)C)c3c(CCNC)c4ccccc4n32)[nH]c2ccccc12. The van der Waals surface area contributed by atoms with E-state index in [0.29, 0.717) is 5.92 Å². The van der Waals surface area contributed by atoms with Crippen molar-refractivity contribution in [3.8, 4) is 0 Å². The number of nitrogens with zero attached hydrogens (tertiary/aromatic N) is 1. The van der Waals surface area contributed by atoms with Crippen LogP contribution in [-0.4, -0.2) is 36.7 Å². The van der Waals surface area contributed by atoms with Gasteiger partial charge in [0.25, 0.3) is 0 Å². The molecule has 2 aromatic heterocycles. The summed E-state index contributed by atoms with van der Waals surface area (Å²) in [6.07, 6.45) is 10.4. The minimum Gasteiger partial charge on any atom is -0.355 e. The second-order valence-electron chi connectivity index (χ2n) is 10.7. The molecule has 188 valence electrons. The van der Waals surface area contributed by atoms with Crippen molar-refractivity contribution in [1.82, 2.24) is 20.2 Å². The molecule has 0 aliphatic carbocycles. The molecule has 0 fully saturated rings. The molecule has 1 aliphatic heterocycles. The molecule has 4 heteroatoms. The van der Waals surface area contributed by atoms with Gasteiger partial charge in [-0.1, -0.05) is 54.1 Å². The van der Waals surface area contributed by atoms with Crippen LogP contribution >= 0.6 is 0 Å². The monoisotopic (exact) mass is 480 g/mol. The number of nitrogens with one attached hydrogen (secondary N) is 3. The number of para-hydroxylation sites is 2. The highest BCUT2D eigenvalue weighted by Crippen LogP contribution is 2.49. The van der Waals surface area contributed by atoms with Gasteiger partial charge >= 0.3 is 0 Å². The fraction of sp³-hybridized carbons (Fsp3) is 0.375. The summed E-state index contributed by atoms with van der Waals surface area (Å²) in [6.45, 7) is 8.81. The van der Waals surface area contributed by atoms with Gasteiger partial charge in [0, 0.05) is 39.1 Å². The molecular formula is C32H40N4. The van der Waals surface area contributed by atoms with Crippen molar-refractivity contribution >= 4 is 27.9 Å². The molecule has 4 nitrogen and oxygen atoms in total. The van der Waals surface area contributed by atoms with Gasteiger partial charge in [-0.05, 0) is 96.6 Å². The molecule has 0 unspecified atom stereocenters. The molecule has 3 N–H and O–H groups in total. The van der Waals surface area contributed by atoms with Crippen LogP contribution in [-0.2, 0) is 18.4 Å². The summed E-state index contributed by atoms with van der Waals surface area (Å²) in [6, 6.07) is 17.7. The quantitative estimate of drug-likeness (QED) is 0.239. The van der Waals surface area contributed by atoms with Crippen LogP contribution in [0.25, 0.3) is 27.9 Å². The maximum Gasteiger partial charge on any atom is 0.0616 e. The molecular weight excluding hydrogens is 440 g/mol. The number of hydrogen-bond donors (Lipinski definition) is 3. The lowest BCUT2D eigenvalue weighted by Crippen LogP contribution is -2.23. The maximum absolute atomic E-state index is 3.71. The van der Waals surface area contributed by atoms with Gasteiger partial charge in [0.05, 0.1) is 5.54 Å². The minimum absolute atomic E-state index is 0.110. The van der Waals surface area contributed by atoms with Crippen molar-refractivity contribution in [2.75, 3.05) is 27.2 Å². The van der Waals surface area contributed by atoms with E-state index in [9.17, 15) is 0 Å². The Morgan fingerprint density at radius 3 is 2.36 bits per heavy atom. The van der Waals surface area contributed by atoms with Crippen LogP contribution in [0, 0.1) is 0 Å². The summed E-state index contributed by atoms with van der Waals surface area (Å²) < 4.78 is 2.64. The Balaban J connectivity index is 1.65. The Labute approximate surface area is 215 Å². The zero-order chi connectivity index (χ0) is 25.3. The first-order valence-corrected chi connectivity index (χ1v) is 13.3. The molecule has 36 heavy (non-hydrogen) atoms. The molecule has 4 aromatic rings. The van der Waals surface area contributed by atoms with Gasteiger partial charge < -0.3 is 20.2 Å². The van der Waals surface area contributed by atoms with E-state index < -0.39 is 0 Å². The third-order valence-corrected chi connectivity index (χ3v) is 7.76. The zero-order valence-corrected chi connectivity index (χ0v) is 22.4. The highest BCUT2D eigenvalue weighted by atomic mass is 15.1. The predicted molar refractivity (Wildman–Crippen MR) is 155 cm³/mol. The smallest absolute Gasteiger partial charge is 0.0616 e. The highest BCUT2D eigenvalue weighted by Gasteiger charge is 2.40. The standard InChI is InChI=1S/C32H40N4/c1-22(2)20-23-21-32(3,36-30-13-9-7-11-26(30)27(31(23)36)16-19-34-5)17-14-29-25(15-18-33-4)24-10-6-8-12-28(24)35-29/h6-14,17,20,23,33-35H,15-16,18-19,21H2,1-5H3/t23-,32-/m0/s1. The van der Waals surface area contributed by atoms with Crippen molar-refractivity contribution in [3.05, 3.63) is 88.8 Å². The number of likely N-dealkylation sites (N-methyl/N-ethyl adjacent to an activating group) is 2. The Kier molecular flexibility index (Phi) is 6.92. The first-order valence-electron chi connectivity index (χ1n) is 13.3. The molecule has 5 rings (SSSR count). The van der Waals surface area contributed by atoms with Gasteiger partial charge in [0.1, 0.15) is 0 Å². The molecule has 0 saturated heterocycles. The lowest BCUT2D eigenvalue weighted by atomic mass is 9.88. The van der Waals surface area contributed by atoms with Crippen LogP contribution in [0.15, 0.2) is 66.3 Å². The normalized spacial score (nSPS) is 19.5. The molecule has 0 amide bonds. The zero-order valence-electron chi connectivity index (χ0n) is 22.4. The summed E-state index contributed by atoms with van der Waals surface area (Å²) >= 11 is 0. The molecule has 2 aromatic carbocycles. The molecule has 2 atom stereocenters. The average molecular weight is 481 g/mol. The van der Waals surface area contributed by atoms with E-state index in [2.05, 4.69) is 108 Å². The van der Waals surface area contributed by atoms with Gasteiger partial charge in [-0.3, -0.25) is 0 Å². The number of fused-ring (bicyclic) bond motifs is 4. The molecule has 0 radical (unpaired) electrons. The van der Waals surface area contributed by atoms with E-state index in [0.717, 1.165) is 32.4 Å². The van der Waals surface area contributed by atoms with Gasteiger partial charge in [0.15, 0.2) is 0 Å². The Morgan fingerprint density at radius 1 is 0.972 bits per heavy atom. The number of allylic oxidation sites excluding steroid dienone is 3. The second-order valence-corrected chi connectivity index (χ2v) is 10.7. The van der Waals surface area contributed by atoms with Crippen LogP contribution in [0.5, 0.6) is 0 Å². The topological polar surface area (TPSA) is 44.8 Å². The third kappa shape index (κ3) is 4.33. The molecule has 0 spiro atoms. The number of hydrogen-bond acceptors (Lipinski definition) is 2. The average Bonchev–Trinajstić information content (AvgIpc) is 3.48. The van der Waals surface area contributed by atoms with Gasteiger partial charge in [-0.25, -0.2) is 0 Å². The third-order valence-electron chi connectivity index (χ3n) is 7.76. The Bertz CT molecular complexity index is 1430. The summed E-state index contributed by atoms with van der Waals surface area (Å²) in [4.78, 5) is 3.71. The van der Waals surface area contributed by atoms with Crippen LogP contribution in [0.1, 0.15) is 55.6 Å². The van der Waals surface area contributed by atoms with Crippen molar-refractivity contribution in [3.63, 3.8) is 0 Å². The van der Waals surface area contributed by atoms with Gasteiger partial charge in [-0.15, -0.1) is 0 Å². The number of benzene rings is 2. The minimum atomic E-state index is -0.110. The van der Waals surface area contributed by atoms with E-state index in [4.69, 9.17) is 0 Å². The first-order chi connectivity index (χ1) is 17.5. The van der Waals surface area contributed by atoms with Gasteiger partial charge in [0.2, 0.25) is 0 Å². The number of aromatic nitrogens is 2. The van der Waals surface area contributed by atoms with Crippen LogP contribution < -0.4 is 10.6 Å². The van der Waals surface area contributed by atoms with E-state index in [1.807, 2.05) is 14.1 Å². The van der Waals surface area contributed by atoms with Crippen molar-refractivity contribution in [2.45, 2.75) is 51.5 Å². The summed E-state index contributed by atoms with van der Waals surface area (Å²) in [5.74, 6) is 0.412. The summed E-state index contributed by atoms with van der Waals surface area (Å²) in [7, 11) is 4.07. The highest BCUT2D eigenvalue weighted by molar-refractivity contribution is 5.88. The molecule has 3 heterocycles. The van der Waals surface area contributed by atoms with Crippen LogP contribution in [0.2, 0.25) is 0 Å². The number of rotatable bonds is 9. The van der Waals surface area contributed by atoms with E-state index in [1.54, 1.807) is 0 Å². The fourth-order valence-corrected chi connectivity index (χ4v) is 6.24. The first kappa shape index (κ1) is 24.6. The maximum atomic E-state index is 3.71. The van der Waals surface area contributed by atoms with Gasteiger partial charge in [-0.2, -0.15) is 0 Å². The van der Waals surface area contributed by atoms with Crippen LogP contribution in [0.4, 0.5) is 0 Å². The molecule has 1 aliphatic rings. The summed E-state index contributed by atoms with van der Waals surface area (Å²) in [5.41, 5.74) is 9.45.